The molecule has 4 nitrogen and oxygen atoms in total. The van der Waals surface area contributed by atoms with Gasteiger partial charge in [-0.3, -0.25) is 4.79 Å². The van der Waals surface area contributed by atoms with Crippen LogP contribution in [0.5, 0.6) is 11.5 Å². The van der Waals surface area contributed by atoms with E-state index in [1.807, 2.05) is 30.3 Å². The Hall–Kier alpha value is -2.49. The van der Waals surface area contributed by atoms with Crippen LogP contribution in [0, 0.1) is 0 Å². The highest BCUT2D eigenvalue weighted by Crippen LogP contribution is 2.41. The third-order valence-corrected chi connectivity index (χ3v) is 4.49. The minimum atomic E-state index is -0.799. The SMILES string of the molecule is COc1cc2c(cc1OC)C(CC(=O)O)c1ccccc1CC2. The second-order valence-electron chi connectivity index (χ2n) is 5.76. The van der Waals surface area contributed by atoms with E-state index in [0.29, 0.717) is 11.5 Å². The van der Waals surface area contributed by atoms with E-state index in [-0.39, 0.29) is 12.3 Å². The Labute approximate surface area is 135 Å². The fourth-order valence-corrected chi connectivity index (χ4v) is 3.41. The zero-order valence-corrected chi connectivity index (χ0v) is 13.3. The molecule has 120 valence electrons. The van der Waals surface area contributed by atoms with Gasteiger partial charge < -0.3 is 14.6 Å². The average Bonchev–Trinajstić information content (AvgIpc) is 2.71. The Bertz CT molecular complexity index is 736. The van der Waals surface area contributed by atoms with Gasteiger partial charge in [0.25, 0.3) is 0 Å². The number of carboxylic acids is 1. The Morgan fingerprint density at radius 3 is 2.39 bits per heavy atom. The van der Waals surface area contributed by atoms with Crippen LogP contribution >= 0.6 is 0 Å². The smallest absolute Gasteiger partial charge is 0.304 e. The molecule has 2 aromatic rings. The van der Waals surface area contributed by atoms with E-state index < -0.39 is 5.97 Å². The first kappa shape index (κ1) is 15.4. The van der Waals surface area contributed by atoms with E-state index >= 15 is 0 Å². The molecular formula is C19H20O4. The number of aryl methyl sites for hydroxylation is 2. The third-order valence-electron chi connectivity index (χ3n) is 4.49. The minimum Gasteiger partial charge on any atom is -0.493 e. The van der Waals surface area contributed by atoms with Crippen molar-refractivity contribution in [3.63, 3.8) is 0 Å². The third kappa shape index (κ3) is 2.89. The minimum absolute atomic E-state index is 0.0689. The lowest BCUT2D eigenvalue weighted by Gasteiger charge is -2.20. The molecule has 1 N–H and O–H groups in total. The molecule has 0 saturated heterocycles. The highest BCUT2D eigenvalue weighted by atomic mass is 16.5. The number of ether oxygens (including phenoxy) is 2. The molecule has 0 aliphatic heterocycles. The van der Waals surface area contributed by atoms with Crippen molar-refractivity contribution in [2.24, 2.45) is 0 Å². The summed E-state index contributed by atoms with van der Waals surface area (Å²) in [5.74, 6) is 0.362. The van der Waals surface area contributed by atoms with Crippen molar-refractivity contribution in [3.05, 3.63) is 58.7 Å². The maximum Gasteiger partial charge on any atom is 0.304 e. The monoisotopic (exact) mass is 312 g/mol. The zero-order chi connectivity index (χ0) is 16.4. The van der Waals surface area contributed by atoms with Gasteiger partial charge in [-0.25, -0.2) is 0 Å². The van der Waals surface area contributed by atoms with Gasteiger partial charge in [0.05, 0.1) is 20.6 Å². The summed E-state index contributed by atoms with van der Waals surface area (Å²) in [4.78, 5) is 11.4. The van der Waals surface area contributed by atoms with Crippen molar-refractivity contribution < 1.29 is 19.4 Å². The second-order valence-corrected chi connectivity index (χ2v) is 5.76. The summed E-state index contributed by atoms with van der Waals surface area (Å²) < 4.78 is 10.8. The topological polar surface area (TPSA) is 55.8 Å². The number of carboxylic acid groups (broad SMARTS) is 1. The molecule has 1 aliphatic carbocycles. The normalized spacial score (nSPS) is 16.0. The summed E-state index contributed by atoms with van der Waals surface area (Å²) in [5.41, 5.74) is 4.47. The first-order chi connectivity index (χ1) is 11.1. The Morgan fingerprint density at radius 1 is 1.04 bits per heavy atom. The van der Waals surface area contributed by atoms with Crippen LogP contribution in [-0.2, 0) is 17.6 Å². The van der Waals surface area contributed by atoms with Crippen LogP contribution in [0.2, 0.25) is 0 Å². The Balaban J connectivity index is 2.19. The second kappa shape index (κ2) is 6.32. The van der Waals surface area contributed by atoms with Crippen molar-refractivity contribution in [3.8, 4) is 11.5 Å². The zero-order valence-electron chi connectivity index (χ0n) is 13.3. The summed E-state index contributed by atoms with van der Waals surface area (Å²) in [5, 5.41) is 9.38. The average molecular weight is 312 g/mol. The van der Waals surface area contributed by atoms with Gasteiger partial charge in [-0.15, -0.1) is 0 Å². The fourth-order valence-electron chi connectivity index (χ4n) is 3.41. The lowest BCUT2D eigenvalue weighted by molar-refractivity contribution is -0.137. The van der Waals surface area contributed by atoms with Crippen molar-refractivity contribution in [2.75, 3.05) is 14.2 Å². The fraction of sp³-hybridized carbons (Fsp3) is 0.316. The van der Waals surface area contributed by atoms with Crippen LogP contribution in [-0.4, -0.2) is 25.3 Å². The standard InChI is InChI=1S/C19H20O4/c1-22-17-9-13-8-7-12-5-3-4-6-14(12)16(11-19(20)21)15(13)10-18(17)23-2/h3-6,9-10,16H,7-8,11H2,1-2H3,(H,20,21). The molecule has 1 atom stereocenters. The summed E-state index contributed by atoms with van der Waals surface area (Å²) in [6.07, 6.45) is 1.83. The molecule has 0 bridgehead atoms. The molecule has 23 heavy (non-hydrogen) atoms. The molecule has 0 amide bonds. The highest BCUT2D eigenvalue weighted by molar-refractivity contribution is 5.70. The molecule has 4 heteroatoms. The van der Waals surface area contributed by atoms with Crippen molar-refractivity contribution >= 4 is 5.97 Å². The van der Waals surface area contributed by atoms with Gasteiger partial charge in [0.15, 0.2) is 11.5 Å². The van der Waals surface area contributed by atoms with Crippen molar-refractivity contribution in [2.45, 2.75) is 25.2 Å². The predicted octanol–water partition coefficient (Wildman–Crippen LogP) is 3.41. The van der Waals surface area contributed by atoms with Crippen LogP contribution < -0.4 is 9.47 Å². The molecule has 2 aromatic carbocycles. The van der Waals surface area contributed by atoms with Gasteiger partial charge in [-0.05, 0) is 47.2 Å². The summed E-state index contributed by atoms with van der Waals surface area (Å²) in [6, 6.07) is 12.0. The van der Waals surface area contributed by atoms with E-state index in [9.17, 15) is 9.90 Å². The number of hydrogen-bond acceptors (Lipinski definition) is 3. The Kier molecular flexibility index (Phi) is 4.24. The van der Waals surface area contributed by atoms with Crippen LogP contribution in [0.4, 0.5) is 0 Å². The first-order valence-electron chi connectivity index (χ1n) is 7.68. The number of fused-ring (bicyclic) bond motifs is 2. The highest BCUT2D eigenvalue weighted by Gasteiger charge is 2.27. The van der Waals surface area contributed by atoms with Crippen LogP contribution in [0.15, 0.2) is 36.4 Å². The molecule has 0 spiro atoms. The lowest BCUT2D eigenvalue weighted by Crippen LogP contribution is -2.10. The number of hydrogen-bond donors (Lipinski definition) is 1. The van der Waals surface area contributed by atoms with E-state index in [1.54, 1.807) is 14.2 Å². The first-order valence-corrected chi connectivity index (χ1v) is 7.68. The number of methoxy groups -OCH3 is 2. The number of rotatable bonds is 4. The molecule has 0 heterocycles. The molecule has 0 aromatic heterocycles. The molecule has 1 aliphatic rings. The van der Waals surface area contributed by atoms with Crippen LogP contribution in [0.3, 0.4) is 0 Å². The van der Waals surface area contributed by atoms with Gasteiger partial charge in [0.2, 0.25) is 0 Å². The Morgan fingerprint density at radius 2 is 1.70 bits per heavy atom. The van der Waals surface area contributed by atoms with E-state index in [4.69, 9.17) is 9.47 Å². The lowest BCUT2D eigenvalue weighted by atomic mass is 9.85. The molecule has 3 rings (SSSR count). The van der Waals surface area contributed by atoms with Gasteiger partial charge >= 0.3 is 5.97 Å². The maximum atomic E-state index is 11.4. The van der Waals surface area contributed by atoms with Crippen LogP contribution in [0.1, 0.15) is 34.6 Å². The number of benzene rings is 2. The molecular weight excluding hydrogens is 292 g/mol. The largest absolute Gasteiger partial charge is 0.493 e. The van der Waals surface area contributed by atoms with Crippen molar-refractivity contribution in [1.82, 2.24) is 0 Å². The van der Waals surface area contributed by atoms with E-state index in [0.717, 1.165) is 29.5 Å². The molecule has 0 fully saturated rings. The molecule has 1 unspecified atom stereocenters. The van der Waals surface area contributed by atoms with Gasteiger partial charge in [-0.2, -0.15) is 0 Å². The van der Waals surface area contributed by atoms with Gasteiger partial charge in [0.1, 0.15) is 0 Å². The predicted molar refractivity (Wildman–Crippen MR) is 87.5 cm³/mol. The quantitative estimate of drug-likeness (QED) is 0.940. The summed E-state index contributed by atoms with van der Waals surface area (Å²) >= 11 is 0. The summed E-state index contributed by atoms with van der Waals surface area (Å²) in [6.45, 7) is 0. The summed E-state index contributed by atoms with van der Waals surface area (Å²) in [7, 11) is 3.21. The van der Waals surface area contributed by atoms with Gasteiger partial charge in [-0.1, -0.05) is 24.3 Å². The number of aliphatic carboxylic acids is 1. The molecule has 0 radical (unpaired) electrons. The van der Waals surface area contributed by atoms with Crippen LogP contribution in [0.25, 0.3) is 0 Å². The van der Waals surface area contributed by atoms with Gasteiger partial charge in [0, 0.05) is 5.92 Å². The van der Waals surface area contributed by atoms with E-state index in [1.165, 1.54) is 5.56 Å². The maximum absolute atomic E-state index is 11.4. The van der Waals surface area contributed by atoms with Crippen molar-refractivity contribution in [1.29, 1.82) is 0 Å². The number of carbonyl (C=O) groups is 1. The van der Waals surface area contributed by atoms with E-state index in [2.05, 4.69) is 6.07 Å². The molecule has 0 saturated carbocycles.